The van der Waals surface area contributed by atoms with E-state index in [4.69, 9.17) is 11.0 Å². The minimum absolute atomic E-state index is 0.0393. The van der Waals surface area contributed by atoms with Crippen LogP contribution in [0.5, 0.6) is 0 Å². The summed E-state index contributed by atoms with van der Waals surface area (Å²) < 4.78 is 20.0. The predicted octanol–water partition coefficient (Wildman–Crippen LogP) is 2.07. The van der Waals surface area contributed by atoms with Crippen molar-refractivity contribution in [2.75, 3.05) is 12.8 Å². The molecule has 0 amide bonds. The first kappa shape index (κ1) is 16.0. The van der Waals surface area contributed by atoms with Gasteiger partial charge < -0.3 is 15.0 Å². The lowest BCUT2D eigenvalue weighted by molar-refractivity contribution is -0.385. The maximum absolute atomic E-state index is 14.3. The number of non-ortho nitro benzene ring substituents is 1. The van der Waals surface area contributed by atoms with Gasteiger partial charge >= 0.3 is 5.97 Å². The summed E-state index contributed by atoms with van der Waals surface area (Å²) in [6.45, 7) is 1.44. The number of nitrogen functional groups attached to an aromatic ring is 1. The van der Waals surface area contributed by atoms with Crippen LogP contribution in [0, 0.1) is 34.2 Å². The molecule has 8 nitrogen and oxygen atoms in total. The predicted molar refractivity (Wildman–Crippen MR) is 77.6 cm³/mol. The summed E-state index contributed by atoms with van der Waals surface area (Å²) in [5, 5.41) is 19.8. The van der Waals surface area contributed by atoms with Gasteiger partial charge in [0.15, 0.2) is 11.5 Å². The molecular weight excluding hydrogens is 307 g/mol. The Morgan fingerprint density at radius 2 is 2.17 bits per heavy atom. The van der Waals surface area contributed by atoms with Crippen LogP contribution in [-0.2, 0) is 4.74 Å². The summed E-state index contributed by atoms with van der Waals surface area (Å²) in [5.41, 5.74) is 4.96. The van der Waals surface area contributed by atoms with Crippen molar-refractivity contribution >= 4 is 17.3 Å². The molecule has 0 aliphatic rings. The summed E-state index contributed by atoms with van der Waals surface area (Å²) in [7, 11) is 1.12. The number of nitro benzene ring substituents is 1. The maximum Gasteiger partial charge on any atom is 0.357 e. The highest BCUT2D eigenvalue weighted by molar-refractivity contribution is 5.96. The molecule has 0 spiro atoms. The third-order valence-corrected chi connectivity index (χ3v) is 3.23. The molecule has 2 N–H and O–H groups in total. The van der Waals surface area contributed by atoms with Gasteiger partial charge in [0.05, 0.1) is 35.0 Å². The van der Waals surface area contributed by atoms with Crippen molar-refractivity contribution in [2.45, 2.75) is 6.92 Å². The number of benzene rings is 1. The largest absolute Gasteiger partial charge is 0.464 e. The molecule has 1 heterocycles. The van der Waals surface area contributed by atoms with Gasteiger partial charge in [0.25, 0.3) is 5.69 Å². The summed E-state index contributed by atoms with van der Waals surface area (Å²) in [6, 6.07) is 3.67. The van der Waals surface area contributed by atoms with Crippen LogP contribution in [0.1, 0.15) is 21.6 Å². The van der Waals surface area contributed by atoms with Crippen LogP contribution in [0.4, 0.5) is 15.8 Å². The van der Waals surface area contributed by atoms with Gasteiger partial charge in [-0.2, -0.15) is 5.26 Å². The first-order chi connectivity index (χ1) is 10.8. The van der Waals surface area contributed by atoms with Crippen LogP contribution >= 0.6 is 0 Å². The van der Waals surface area contributed by atoms with Crippen molar-refractivity contribution in [3.8, 4) is 11.8 Å². The average Bonchev–Trinajstić information content (AvgIpc) is 2.82. The van der Waals surface area contributed by atoms with Gasteiger partial charge in [-0.3, -0.25) is 10.1 Å². The zero-order chi connectivity index (χ0) is 17.3. The lowest BCUT2D eigenvalue weighted by Crippen LogP contribution is -2.13. The Hall–Kier alpha value is -3.41. The van der Waals surface area contributed by atoms with Gasteiger partial charge in [-0.05, 0) is 12.5 Å². The molecule has 0 radical (unpaired) electrons. The molecule has 2 aromatic rings. The normalized spacial score (nSPS) is 10.2. The van der Waals surface area contributed by atoms with Crippen molar-refractivity contribution in [3.63, 3.8) is 0 Å². The average molecular weight is 318 g/mol. The molecule has 23 heavy (non-hydrogen) atoms. The molecule has 0 saturated heterocycles. The van der Waals surface area contributed by atoms with E-state index < -0.39 is 22.4 Å². The topological polar surface area (TPSA) is 124 Å². The molecule has 1 aromatic heterocycles. The van der Waals surface area contributed by atoms with E-state index in [1.54, 1.807) is 6.07 Å². The second-order valence-corrected chi connectivity index (χ2v) is 4.63. The third kappa shape index (κ3) is 2.57. The molecule has 0 fully saturated rings. The Morgan fingerprint density at radius 3 is 2.65 bits per heavy atom. The molecule has 0 saturated carbocycles. The minimum Gasteiger partial charge on any atom is -0.464 e. The Kier molecular flexibility index (Phi) is 4.00. The number of rotatable bonds is 3. The van der Waals surface area contributed by atoms with Crippen molar-refractivity contribution in [1.29, 1.82) is 5.26 Å². The standard InChI is InChI=1S/C14H11FN4O4/c1-7-3-9(19(21)22)4-10(15)12(7)18-6-8(5-16)11(17)13(18)14(20)23-2/h3-4,6H,17H2,1-2H3. The van der Waals surface area contributed by atoms with Crippen LogP contribution in [0.15, 0.2) is 18.3 Å². The van der Waals surface area contributed by atoms with Gasteiger partial charge in [-0.15, -0.1) is 0 Å². The zero-order valence-corrected chi connectivity index (χ0v) is 12.2. The molecule has 0 aliphatic carbocycles. The molecular formula is C14H11FN4O4. The van der Waals surface area contributed by atoms with E-state index in [-0.39, 0.29) is 28.2 Å². The second kappa shape index (κ2) is 5.76. The number of halogens is 1. The van der Waals surface area contributed by atoms with E-state index in [1.807, 2.05) is 0 Å². The fourth-order valence-corrected chi connectivity index (χ4v) is 2.22. The monoisotopic (exact) mass is 318 g/mol. The van der Waals surface area contributed by atoms with Gasteiger partial charge in [-0.1, -0.05) is 0 Å². The molecule has 0 atom stereocenters. The second-order valence-electron chi connectivity index (χ2n) is 4.63. The van der Waals surface area contributed by atoms with Crippen LogP contribution < -0.4 is 5.73 Å². The zero-order valence-electron chi connectivity index (χ0n) is 12.2. The van der Waals surface area contributed by atoms with E-state index in [9.17, 15) is 19.3 Å². The van der Waals surface area contributed by atoms with Crippen molar-refractivity contribution < 1.29 is 18.8 Å². The highest BCUT2D eigenvalue weighted by atomic mass is 19.1. The van der Waals surface area contributed by atoms with E-state index >= 15 is 0 Å². The first-order valence-corrected chi connectivity index (χ1v) is 6.26. The Balaban J connectivity index is 2.80. The molecule has 118 valence electrons. The van der Waals surface area contributed by atoms with E-state index in [0.717, 1.165) is 23.8 Å². The SMILES string of the molecule is COC(=O)c1c(N)c(C#N)cn1-c1c(C)cc([N+](=O)[O-])cc1F. The van der Waals surface area contributed by atoms with Gasteiger partial charge in [0, 0.05) is 12.3 Å². The Labute approximate surface area is 129 Å². The number of ether oxygens (including phenoxy) is 1. The number of nitrogens with two attached hydrogens (primary N) is 1. The van der Waals surface area contributed by atoms with Crippen molar-refractivity contribution in [1.82, 2.24) is 4.57 Å². The number of nitro groups is 1. The van der Waals surface area contributed by atoms with Crippen LogP contribution in [0.2, 0.25) is 0 Å². The molecule has 9 heteroatoms. The quantitative estimate of drug-likeness (QED) is 0.525. The van der Waals surface area contributed by atoms with Gasteiger partial charge in [-0.25, -0.2) is 9.18 Å². The Morgan fingerprint density at radius 1 is 1.52 bits per heavy atom. The van der Waals surface area contributed by atoms with E-state index in [0.29, 0.717) is 0 Å². The summed E-state index contributed by atoms with van der Waals surface area (Å²) in [6.07, 6.45) is 1.18. The summed E-state index contributed by atoms with van der Waals surface area (Å²) in [4.78, 5) is 21.9. The van der Waals surface area contributed by atoms with Gasteiger partial charge in [0.2, 0.25) is 0 Å². The minimum atomic E-state index is -0.929. The van der Waals surface area contributed by atoms with E-state index in [2.05, 4.69) is 4.74 Å². The number of anilines is 1. The third-order valence-electron chi connectivity index (χ3n) is 3.23. The molecule has 0 bridgehead atoms. The smallest absolute Gasteiger partial charge is 0.357 e. The number of aryl methyl sites for hydroxylation is 1. The lowest BCUT2D eigenvalue weighted by Gasteiger charge is -2.12. The first-order valence-electron chi connectivity index (χ1n) is 6.26. The number of nitriles is 1. The molecule has 2 rings (SSSR count). The fourth-order valence-electron chi connectivity index (χ4n) is 2.22. The summed E-state index contributed by atoms with van der Waals surface area (Å²) in [5.74, 6) is -1.79. The van der Waals surface area contributed by atoms with Gasteiger partial charge in [0.1, 0.15) is 6.07 Å². The maximum atomic E-state index is 14.3. The fraction of sp³-hybridized carbons (Fsp3) is 0.143. The highest BCUT2D eigenvalue weighted by Gasteiger charge is 2.25. The van der Waals surface area contributed by atoms with Crippen LogP contribution in [0.3, 0.4) is 0 Å². The summed E-state index contributed by atoms with van der Waals surface area (Å²) >= 11 is 0. The number of nitrogens with zero attached hydrogens (tertiary/aromatic N) is 3. The number of aromatic nitrogens is 1. The number of hydrogen-bond donors (Lipinski definition) is 1. The molecule has 0 aliphatic heterocycles. The number of esters is 1. The van der Waals surface area contributed by atoms with E-state index in [1.165, 1.54) is 13.1 Å². The van der Waals surface area contributed by atoms with Crippen LogP contribution in [-0.4, -0.2) is 22.6 Å². The molecule has 1 aromatic carbocycles. The van der Waals surface area contributed by atoms with Crippen molar-refractivity contribution in [2.24, 2.45) is 0 Å². The lowest BCUT2D eigenvalue weighted by atomic mass is 10.1. The molecule has 0 unspecified atom stereocenters. The van der Waals surface area contributed by atoms with Crippen LogP contribution in [0.25, 0.3) is 5.69 Å². The number of hydrogen-bond acceptors (Lipinski definition) is 6. The highest BCUT2D eigenvalue weighted by Crippen LogP contribution is 2.30. The van der Waals surface area contributed by atoms with Crippen molar-refractivity contribution in [3.05, 3.63) is 51.1 Å². The number of methoxy groups -OCH3 is 1. The number of carbonyl (C=O) groups excluding carboxylic acids is 1. The Bertz CT molecular complexity index is 843. The number of carbonyl (C=O) groups is 1.